The Labute approximate surface area is 252 Å². The topological polar surface area (TPSA) is 105 Å². The fraction of sp³-hybridized carbons (Fsp3) is 0.200. The van der Waals surface area contributed by atoms with Gasteiger partial charge in [-0.25, -0.2) is 9.78 Å². The van der Waals surface area contributed by atoms with Crippen molar-refractivity contribution in [2.45, 2.75) is 26.9 Å². The fourth-order valence-corrected chi connectivity index (χ4v) is 5.07. The van der Waals surface area contributed by atoms with Crippen LogP contribution in [0.2, 0.25) is 0 Å². The Morgan fingerprint density at radius 3 is 2.59 bits per heavy atom. The third-order valence-corrected chi connectivity index (χ3v) is 8.22. The van der Waals surface area contributed by atoms with Gasteiger partial charge < -0.3 is 18.6 Å². The van der Waals surface area contributed by atoms with E-state index in [1.807, 2.05) is 43.3 Å². The van der Waals surface area contributed by atoms with Crippen LogP contribution in [0.4, 0.5) is 0 Å². The smallest absolute Gasteiger partial charge is 0.347 e. The number of esters is 1. The van der Waals surface area contributed by atoms with Crippen LogP contribution in [0.15, 0.2) is 83.9 Å². The van der Waals surface area contributed by atoms with Crippen molar-refractivity contribution < 1.29 is 23.4 Å². The summed E-state index contributed by atoms with van der Waals surface area (Å²) in [5, 5.41) is 5.84. The third kappa shape index (κ3) is 5.77. The standard InChI is InChI=1S/C30H25Br2N3O6/c1-4-38-23-15-19(25(31)26(32)27(23)40-17(3)30(37)39-5-2)16-33-35-28(24-14-18-10-6-9-13-22(18)41-24)34-21-12-8-7-11-20(21)29(35)36/h6-17H,4-5H2,1-3H3/t17-/m0/s1. The second-order valence-corrected chi connectivity index (χ2v) is 10.4. The molecular weight excluding hydrogens is 658 g/mol. The van der Waals surface area contributed by atoms with E-state index >= 15 is 0 Å². The number of para-hydroxylation sites is 2. The summed E-state index contributed by atoms with van der Waals surface area (Å²) in [6.45, 7) is 5.75. The Morgan fingerprint density at radius 1 is 1.07 bits per heavy atom. The van der Waals surface area contributed by atoms with Crippen LogP contribution in [0.3, 0.4) is 0 Å². The maximum atomic E-state index is 13.6. The molecule has 0 bridgehead atoms. The summed E-state index contributed by atoms with van der Waals surface area (Å²) in [7, 11) is 0. The van der Waals surface area contributed by atoms with Gasteiger partial charge in [0.05, 0.1) is 34.8 Å². The second-order valence-electron chi connectivity index (χ2n) is 8.83. The lowest BCUT2D eigenvalue weighted by atomic mass is 10.2. The van der Waals surface area contributed by atoms with Crippen LogP contribution in [0, 0.1) is 0 Å². The van der Waals surface area contributed by atoms with Crippen LogP contribution in [-0.2, 0) is 9.53 Å². The molecule has 0 radical (unpaired) electrons. The lowest BCUT2D eigenvalue weighted by molar-refractivity contribution is -0.150. The van der Waals surface area contributed by atoms with E-state index in [4.69, 9.17) is 23.6 Å². The average Bonchev–Trinajstić information content (AvgIpc) is 3.41. The summed E-state index contributed by atoms with van der Waals surface area (Å²) in [6.07, 6.45) is 0.644. The van der Waals surface area contributed by atoms with Gasteiger partial charge in [-0.15, -0.1) is 0 Å². The molecule has 0 aliphatic rings. The molecule has 2 heterocycles. The lowest BCUT2D eigenvalue weighted by Gasteiger charge is -2.19. The molecule has 5 aromatic rings. The monoisotopic (exact) mass is 681 g/mol. The van der Waals surface area contributed by atoms with E-state index in [0.29, 0.717) is 54.9 Å². The van der Waals surface area contributed by atoms with Crippen LogP contribution in [0.1, 0.15) is 26.3 Å². The molecule has 0 amide bonds. The zero-order valence-electron chi connectivity index (χ0n) is 22.4. The van der Waals surface area contributed by atoms with Crippen LogP contribution < -0.4 is 15.0 Å². The molecular formula is C30H25Br2N3O6. The average molecular weight is 683 g/mol. The van der Waals surface area contributed by atoms with Crippen LogP contribution in [0.5, 0.6) is 11.5 Å². The molecule has 2 aromatic heterocycles. The predicted octanol–water partition coefficient (Wildman–Crippen LogP) is 6.95. The van der Waals surface area contributed by atoms with Crippen molar-refractivity contribution in [1.82, 2.24) is 9.66 Å². The van der Waals surface area contributed by atoms with E-state index in [0.717, 1.165) is 5.39 Å². The van der Waals surface area contributed by atoms with E-state index in [1.54, 1.807) is 38.1 Å². The number of carbonyl (C=O) groups excluding carboxylic acids is 1. The molecule has 1 atom stereocenters. The molecule has 0 N–H and O–H groups in total. The predicted molar refractivity (Wildman–Crippen MR) is 164 cm³/mol. The van der Waals surface area contributed by atoms with Gasteiger partial charge in [0, 0.05) is 15.4 Å². The van der Waals surface area contributed by atoms with Crippen LogP contribution >= 0.6 is 31.9 Å². The highest BCUT2D eigenvalue weighted by Crippen LogP contribution is 2.43. The molecule has 0 unspecified atom stereocenters. The van der Waals surface area contributed by atoms with Gasteiger partial charge in [-0.1, -0.05) is 30.3 Å². The summed E-state index contributed by atoms with van der Waals surface area (Å²) in [6, 6.07) is 18.2. The molecule has 41 heavy (non-hydrogen) atoms. The Kier molecular flexibility index (Phi) is 8.55. The lowest BCUT2D eigenvalue weighted by Crippen LogP contribution is -2.26. The summed E-state index contributed by atoms with van der Waals surface area (Å²) in [5.41, 5.74) is 1.41. The van der Waals surface area contributed by atoms with Gasteiger partial charge in [0.25, 0.3) is 5.56 Å². The van der Waals surface area contributed by atoms with Gasteiger partial charge in [0.1, 0.15) is 5.58 Å². The number of furan rings is 1. The molecule has 0 aliphatic carbocycles. The number of hydrogen-bond donors (Lipinski definition) is 0. The first-order chi connectivity index (χ1) is 19.8. The Morgan fingerprint density at radius 2 is 1.83 bits per heavy atom. The first-order valence-electron chi connectivity index (χ1n) is 12.9. The van der Waals surface area contributed by atoms with Crippen molar-refractivity contribution in [3.63, 3.8) is 0 Å². The molecule has 0 spiro atoms. The number of carbonyl (C=O) groups is 1. The minimum Gasteiger partial charge on any atom is -0.490 e. The molecule has 9 nitrogen and oxygen atoms in total. The van der Waals surface area contributed by atoms with Gasteiger partial charge in [-0.3, -0.25) is 4.79 Å². The maximum Gasteiger partial charge on any atom is 0.347 e. The number of benzene rings is 3. The van der Waals surface area contributed by atoms with Crippen LogP contribution in [0.25, 0.3) is 33.5 Å². The molecule has 11 heteroatoms. The van der Waals surface area contributed by atoms with Gasteiger partial charge in [0.2, 0.25) is 5.82 Å². The van der Waals surface area contributed by atoms with Crippen molar-refractivity contribution >= 4 is 65.9 Å². The highest BCUT2D eigenvalue weighted by atomic mass is 79.9. The SMILES string of the molecule is CCOC(=O)[C@H](C)Oc1c(OCC)cc(C=Nn2c(-c3cc4ccccc4o3)nc3ccccc3c2=O)c(Br)c1Br. The number of aromatic nitrogens is 2. The minimum atomic E-state index is -0.870. The number of halogens is 2. The normalized spacial score (nSPS) is 12.2. The highest BCUT2D eigenvalue weighted by Gasteiger charge is 2.23. The summed E-state index contributed by atoms with van der Waals surface area (Å²) in [4.78, 5) is 30.5. The molecule has 0 fully saturated rings. The molecule has 210 valence electrons. The Hall–Kier alpha value is -3.96. The van der Waals surface area contributed by atoms with Crippen molar-refractivity contribution in [2.24, 2.45) is 5.10 Å². The zero-order chi connectivity index (χ0) is 29.1. The number of fused-ring (bicyclic) bond motifs is 2. The molecule has 5 rings (SSSR count). The number of rotatable bonds is 9. The van der Waals surface area contributed by atoms with E-state index < -0.39 is 12.1 Å². The van der Waals surface area contributed by atoms with E-state index in [9.17, 15) is 9.59 Å². The summed E-state index contributed by atoms with van der Waals surface area (Å²) in [5.74, 6) is 0.859. The first kappa shape index (κ1) is 28.6. The Bertz CT molecular complexity index is 1810. The van der Waals surface area contributed by atoms with Gasteiger partial charge >= 0.3 is 5.97 Å². The second kappa shape index (κ2) is 12.3. The van der Waals surface area contributed by atoms with Gasteiger partial charge in [-0.2, -0.15) is 9.78 Å². The largest absolute Gasteiger partial charge is 0.490 e. The van der Waals surface area contributed by atoms with Gasteiger partial charge in [0.15, 0.2) is 23.4 Å². The maximum absolute atomic E-state index is 13.6. The summed E-state index contributed by atoms with van der Waals surface area (Å²) < 4.78 is 25.1. The van der Waals surface area contributed by atoms with Crippen molar-refractivity contribution in [3.8, 4) is 23.1 Å². The molecule has 3 aromatic carbocycles. The number of hydrogen-bond acceptors (Lipinski definition) is 8. The van der Waals surface area contributed by atoms with Crippen molar-refractivity contribution in [2.75, 3.05) is 13.2 Å². The number of nitrogens with zero attached hydrogens (tertiary/aromatic N) is 3. The fourth-order valence-electron chi connectivity index (χ4n) is 4.16. The Balaban J connectivity index is 1.62. The van der Waals surface area contributed by atoms with Gasteiger partial charge in [-0.05, 0) is 83.0 Å². The van der Waals surface area contributed by atoms with Crippen molar-refractivity contribution in [1.29, 1.82) is 0 Å². The minimum absolute atomic E-state index is 0.240. The number of ether oxygens (including phenoxy) is 3. The quantitative estimate of drug-likeness (QED) is 0.122. The molecule has 0 aliphatic heterocycles. The highest BCUT2D eigenvalue weighted by molar-refractivity contribution is 9.13. The zero-order valence-corrected chi connectivity index (χ0v) is 25.6. The van der Waals surface area contributed by atoms with Crippen molar-refractivity contribution in [3.05, 3.63) is 85.5 Å². The molecule has 0 saturated carbocycles. The molecule has 0 saturated heterocycles. The van der Waals surface area contributed by atoms with E-state index in [1.165, 1.54) is 10.9 Å². The summed E-state index contributed by atoms with van der Waals surface area (Å²) >= 11 is 7.13. The van der Waals surface area contributed by atoms with E-state index in [-0.39, 0.29) is 18.0 Å². The first-order valence-corrected chi connectivity index (χ1v) is 14.4. The third-order valence-electron chi connectivity index (χ3n) is 6.08. The van der Waals surface area contributed by atoms with Crippen LogP contribution in [-0.4, -0.2) is 41.2 Å². The van der Waals surface area contributed by atoms with E-state index in [2.05, 4.69) is 37.0 Å².